The summed E-state index contributed by atoms with van der Waals surface area (Å²) >= 11 is 0. The van der Waals surface area contributed by atoms with Gasteiger partial charge in [0, 0.05) is 19.8 Å². The van der Waals surface area contributed by atoms with E-state index in [1.807, 2.05) is 0 Å². The van der Waals surface area contributed by atoms with E-state index in [0.29, 0.717) is 5.69 Å². The zero-order valence-corrected chi connectivity index (χ0v) is 11.4. The lowest BCUT2D eigenvalue weighted by molar-refractivity contribution is -0.383. The summed E-state index contributed by atoms with van der Waals surface area (Å²) in [6.07, 6.45) is 1.20. The van der Waals surface area contributed by atoms with Crippen LogP contribution >= 0.6 is 0 Å². The van der Waals surface area contributed by atoms with Gasteiger partial charge in [0.1, 0.15) is 12.1 Å². The molecule has 0 aliphatic rings. The van der Waals surface area contributed by atoms with Crippen LogP contribution in [0.1, 0.15) is 0 Å². The van der Waals surface area contributed by atoms with Gasteiger partial charge < -0.3 is 5.32 Å². The lowest BCUT2D eigenvalue weighted by Crippen LogP contribution is -2.21. The van der Waals surface area contributed by atoms with E-state index < -0.39 is 10.7 Å². The lowest BCUT2D eigenvalue weighted by Gasteiger charge is -2.14. The molecule has 0 spiro atoms. The van der Waals surface area contributed by atoms with Gasteiger partial charge in [0.05, 0.1) is 4.92 Å². The van der Waals surface area contributed by atoms with Crippen molar-refractivity contribution >= 4 is 23.0 Å². The van der Waals surface area contributed by atoms with Crippen molar-refractivity contribution in [2.45, 2.75) is 0 Å². The number of hydrazine groups is 1. The zero-order chi connectivity index (χ0) is 15.4. The summed E-state index contributed by atoms with van der Waals surface area (Å²) in [6.45, 7) is 0. The molecule has 0 aliphatic heterocycles. The Balaban J connectivity index is 2.38. The molecule has 0 saturated carbocycles. The molecule has 110 valence electrons. The van der Waals surface area contributed by atoms with Crippen molar-refractivity contribution in [2.24, 2.45) is 0 Å². The third kappa shape index (κ3) is 3.60. The van der Waals surface area contributed by atoms with E-state index in [2.05, 4.69) is 20.7 Å². The first-order valence-corrected chi connectivity index (χ1v) is 5.93. The van der Waals surface area contributed by atoms with Crippen LogP contribution in [0.15, 0.2) is 30.6 Å². The monoisotopic (exact) mass is 292 g/mol. The van der Waals surface area contributed by atoms with E-state index in [9.17, 15) is 14.5 Å². The number of hydrogen-bond acceptors (Lipinski definition) is 7. The fourth-order valence-corrected chi connectivity index (χ4v) is 1.61. The number of halogens is 1. The number of nitrogens with one attached hydrogen (secondary N) is 2. The van der Waals surface area contributed by atoms with Crippen LogP contribution in [0.25, 0.3) is 0 Å². The largest absolute Gasteiger partial charge is 0.354 e. The molecule has 2 rings (SSSR count). The van der Waals surface area contributed by atoms with E-state index in [1.54, 1.807) is 14.1 Å². The first-order valence-electron chi connectivity index (χ1n) is 5.93. The normalized spacial score (nSPS) is 10.5. The maximum absolute atomic E-state index is 12.9. The minimum Gasteiger partial charge on any atom is -0.334 e. The summed E-state index contributed by atoms with van der Waals surface area (Å²) < 4.78 is 12.9. The van der Waals surface area contributed by atoms with Gasteiger partial charge in [0.2, 0.25) is 11.6 Å². The molecule has 0 atom stereocenters. The minimum atomic E-state index is -0.586. The van der Waals surface area contributed by atoms with E-state index in [4.69, 9.17) is 0 Å². The fourth-order valence-electron chi connectivity index (χ4n) is 1.61. The number of nitro groups is 1. The van der Waals surface area contributed by atoms with Crippen LogP contribution in [-0.4, -0.2) is 34.0 Å². The van der Waals surface area contributed by atoms with Crippen LogP contribution in [-0.2, 0) is 0 Å². The third-order valence-corrected chi connectivity index (χ3v) is 2.44. The first-order chi connectivity index (χ1) is 9.97. The zero-order valence-electron chi connectivity index (χ0n) is 11.4. The van der Waals surface area contributed by atoms with Gasteiger partial charge in [-0.25, -0.2) is 19.4 Å². The predicted octanol–water partition coefficient (Wildman–Crippen LogP) is 2.16. The Bertz CT molecular complexity index is 647. The van der Waals surface area contributed by atoms with Gasteiger partial charge in [0.25, 0.3) is 0 Å². The van der Waals surface area contributed by atoms with Gasteiger partial charge in [-0.2, -0.15) is 0 Å². The van der Waals surface area contributed by atoms with E-state index >= 15 is 0 Å². The Morgan fingerprint density at radius 2 is 1.81 bits per heavy atom. The molecule has 1 heterocycles. The average molecular weight is 292 g/mol. The van der Waals surface area contributed by atoms with E-state index in [-0.39, 0.29) is 17.3 Å². The van der Waals surface area contributed by atoms with Crippen molar-refractivity contribution < 1.29 is 9.31 Å². The first kappa shape index (κ1) is 14.6. The Morgan fingerprint density at radius 3 is 2.38 bits per heavy atom. The number of aromatic nitrogens is 2. The molecule has 2 N–H and O–H groups in total. The Hall–Kier alpha value is -2.81. The summed E-state index contributed by atoms with van der Waals surface area (Å²) in [7, 11) is 3.36. The molecule has 0 saturated heterocycles. The van der Waals surface area contributed by atoms with Gasteiger partial charge in [-0.3, -0.25) is 15.5 Å². The van der Waals surface area contributed by atoms with E-state index in [1.165, 1.54) is 35.6 Å². The highest BCUT2D eigenvalue weighted by molar-refractivity contribution is 5.73. The second-order valence-corrected chi connectivity index (χ2v) is 4.31. The van der Waals surface area contributed by atoms with Crippen LogP contribution in [0.5, 0.6) is 0 Å². The Kier molecular flexibility index (Phi) is 4.24. The number of hydrogen-bond donors (Lipinski definition) is 2. The predicted molar refractivity (Wildman–Crippen MR) is 75.7 cm³/mol. The molecule has 0 aliphatic carbocycles. The summed E-state index contributed by atoms with van der Waals surface area (Å²) in [4.78, 5) is 18.4. The molecule has 1 aromatic carbocycles. The Labute approximate surface area is 119 Å². The topological polar surface area (TPSA) is 96.2 Å². The second-order valence-electron chi connectivity index (χ2n) is 4.31. The van der Waals surface area contributed by atoms with Crippen LogP contribution in [0, 0.1) is 15.9 Å². The Morgan fingerprint density at radius 1 is 1.19 bits per heavy atom. The highest BCUT2D eigenvalue weighted by atomic mass is 19.1. The molecule has 1 aromatic heterocycles. The summed E-state index contributed by atoms with van der Waals surface area (Å²) in [5.74, 6) is -0.316. The number of rotatable bonds is 5. The van der Waals surface area contributed by atoms with Crippen LogP contribution < -0.4 is 10.7 Å². The molecule has 2 aromatic rings. The lowest BCUT2D eigenvalue weighted by atomic mass is 10.3. The molecule has 21 heavy (non-hydrogen) atoms. The van der Waals surface area contributed by atoms with Gasteiger partial charge in [0.15, 0.2) is 0 Å². The van der Waals surface area contributed by atoms with Gasteiger partial charge >= 0.3 is 5.69 Å². The SMILES string of the molecule is CN(C)Nc1ncnc(Nc2ccc(F)cc2)c1[N+](=O)[O-]. The minimum absolute atomic E-state index is 0.0194. The molecule has 0 radical (unpaired) electrons. The standard InChI is InChI=1S/C12H13FN6O2/c1-18(2)17-12-10(19(20)21)11(14-7-15-12)16-9-5-3-8(13)4-6-9/h3-7H,1-2H3,(H2,14,15,16,17). The van der Waals surface area contributed by atoms with Crippen molar-refractivity contribution in [1.82, 2.24) is 15.0 Å². The quantitative estimate of drug-likeness (QED) is 0.643. The van der Waals surface area contributed by atoms with Gasteiger partial charge in [-0.1, -0.05) is 0 Å². The van der Waals surface area contributed by atoms with Crippen molar-refractivity contribution in [3.05, 3.63) is 46.5 Å². The van der Waals surface area contributed by atoms with Crippen LogP contribution in [0.3, 0.4) is 0 Å². The van der Waals surface area contributed by atoms with Crippen LogP contribution in [0.2, 0.25) is 0 Å². The van der Waals surface area contributed by atoms with Crippen molar-refractivity contribution in [3.8, 4) is 0 Å². The number of nitrogens with zero attached hydrogens (tertiary/aromatic N) is 4. The molecular formula is C12H13FN6O2. The molecule has 0 amide bonds. The van der Waals surface area contributed by atoms with Crippen molar-refractivity contribution in [3.63, 3.8) is 0 Å². The molecule has 8 nitrogen and oxygen atoms in total. The smallest absolute Gasteiger partial charge is 0.334 e. The highest BCUT2D eigenvalue weighted by Crippen LogP contribution is 2.31. The molecule has 0 unspecified atom stereocenters. The summed E-state index contributed by atoms with van der Waals surface area (Å²) in [6, 6.07) is 5.41. The van der Waals surface area contributed by atoms with Gasteiger partial charge in [-0.05, 0) is 24.3 Å². The maximum atomic E-state index is 12.9. The summed E-state index contributed by atoms with van der Waals surface area (Å²) in [5.41, 5.74) is 2.92. The highest BCUT2D eigenvalue weighted by Gasteiger charge is 2.23. The molecule has 0 fully saturated rings. The number of benzene rings is 1. The third-order valence-electron chi connectivity index (χ3n) is 2.44. The van der Waals surface area contributed by atoms with Crippen molar-refractivity contribution in [2.75, 3.05) is 24.8 Å². The second kappa shape index (κ2) is 6.09. The van der Waals surface area contributed by atoms with Crippen molar-refractivity contribution in [1.29, 1.82) is 0 Å². The summed E-state index contributed by atoms with van der Waals surface area (Å²) in [5, 5.41) is 15.5. The molecule has 0 bridgehead atoms. The fraction of sp³-hybridized carbons (Fsp3) is 0.167. The molecule has 9 heteroatoms. The number of anilines is 3. The van der Waals surface area contributed by atoms with Crippen LogP contribution in [0.4, 0.5) is 27.4 Å². The maximum Gasteiger partial charge on any atom is 0.354 e. The average Bonchev–Trinajstić information content (AvgIpc) is 2.40. The molecular weight excluding hydrogens is 279 g/mol. The van der Waals surface area contributed by atoms with E-state index in [0.717, 1.165) is 0 Å². The van der Waals surface area contributed by atoms with Gasteiger partial charge in [-0.15, -0.1) is 0 Å².